The zero-order chi connectivity index (χ0) is 22.8. The summed E-state index contributed by atoms with van der Waals surface area (Å²) in [4.78, 5) is 32.4. The molecule has 0 aliphatic heterocycles. The predicted octanol–water partition coefficient (Wildman–Crippen LogP) is 4.15. The van der Waals surface area contributed by atoms with Crippen molar-refractivity contribution in [3.05, 3.63) is 86.5 Å². The molecule has 4 aromatic rings. The SMILES string of the molecule is COc1ccccc1C(=O)NNc1nc(=O)c2c3c(sc2n1Cc1ccccc1)CCCC3. The van der Waals surface area contributed by atoms with Crippen LogP contribution in [-0.2, 0) is 19.4 Å². The van der Waals surface area contributed by atoms with Crippen LogP contribution in [0.2, 0.25) is 0 Å². The number of fused-ring (bicyclic) bond motifs is 3. The number of rotatable bonds is 6. The monoisotopic (exact) mass is 460 g/mol. The highest BCUT2D eigenvalue weighted by Gasteiger charge is 2.23. The standard InChI is InChI=1S/C25H24N4O3S/c1-32-19-13-7-5-11-17(19)22(30)27-28-25-26-23(31)21-18-12-6-8-14-20(18)33-24(21)29(25)15-16-9-3-2-4-10-16/h2-5,7,9-11,13H,6,8,12,14-15H2,1H3,(H,27,30)(H,26,28,31). The predicted molar refractivity (Wildman–Crippen MR) is 130 cm³/mol. The van der Waals surface area contributed by atoms with E-state index >= 15 is 0 Å². The first kappa shape index (κ1) is 21.2. The Bertz CT molecular complexity index is 1380. The van der Waals surface area contributed by atoms with E-state index in [1.807, 2.05) is 34.9 Å². The van der Waals surface area contributed by atoms with Crippen LogP contribution in [0.3, 0.4) is 0 Å². The molecule has 8 heteroatoms. The summed E-state index contributed by atoms with van der Waals surface area (Å²) in [5, 5.41) is 0.715. The highest BCUT2D eigenvalue weighted by molar-refractivity contribution is 7.18. The Labute approximate surface area is 195 Å². The normalized spacial score (nSPS) is 12.9. The van der Waals surface area contributed by atoms with Gasteiger partial charge in [0.2, 0.25) is 5.95 Å². The van der Waals surface area contributed by atoms with Gasteiger partial charge in [0.15, 0.2) is 0 Å². The largest absolute Gasteiger partial charge is 0.496 e. The highest BCUT2D eigenvalue weighted by atomic mass is 32.1. The van der Waals surface area contributed by atoms with Crippen molar-refractivity contribution in [3.8, 4) is 5.75 Å². The van der Waals surface area contributed by atoms with Crippen molar-refractivity contribution in [2.45, 2.75) is 32.2 Å². The lowest BCUT2D eigenvalue weighted by Gasteiger charge is -2.16. The summed E-state index contributed by atoms with van der Waals surface area (Å²) in [5.41, 5.74) is 7.93. The maximum Gasteiger partial charge on any atom is 0.283 e. The van der Waals surface area contributed by atoms with Crippen LogP contribution < -0.4 is 21.1 Å². The second-order valence-electron chi connectivity index (χ2n) is 7.98. The second kappa shape index (κ2) is 9.07. The van der Waals surface area contributed by atoms with Gasteiger partial charge < -0.3 is 4.74 Å². The first-order valence-electron chi connectivity index (χ1n) is 10.9. The number of thiophene rings is 1. The average Bonchev–Trinajstić information content (AvgIpc) is 3.25. The van der Waals surface area contributed by atoms with Crippen LogP contribution >= 0.6 is 11.3 Å². The molecule has 5 rings (SSSR count). The van der Waals surface area contributed by atoms with Gasteiger partial charge in [-0.05, 0) is 48.9 Å². The Morgan fingerprint density at radius 1 is 1.09 bits per heavy atom. The lowest BCUT2D eigenvalue weighted by molar-refractivity contribution is 0.0959. The van der Waals surface area contributed by atoms with Crippen molar-refractivity contribution in [3.63, 3.8) is 0 Å². The summed E-state index contributed by atoms with van der Waals surface area (Å²) in [7, 11) is 1.52. The van der Waals surface area contributed by atoms with E-state index in [9.17, 15) is 9.59 Å². The number of amides is 1. The first-order valence-corrected chi connectivity index (χ1v) is 11.8. The molecule has 7 nitrogen and oxygen atoms in total. The van der Waals surface area contributed by atoms with Crippen LogP contribution in [0.15, 0.2) is 59.4 Å². The molecular weight excluding hydrogens is 436 g/mol. The third kappa shape index (κ3) is 4.09. The van der Waals surface area contributed by atoms with Crippen LogP contribution in [-0.4, -0.2) is 22.6 Å². The van der Waals surface area contributed by atoms with Gasteiger partial charge in [-0.2, -0.15) is 4.98 Å². The number of nitrogens with zero attached hydrogens (tertiary/aromatic N) is 2. The number of ether oxygens (including phenoxy) is 1. The number of hydrogen-bond donors (Lipinski definition) is 2. The second-order valence-corrected chi connectivity index (χ2v) is 9.07. The molecule has 0 fully saturated rings. The molecule has 0 spiro atoms. The minimum Gasteiger partial charge on any atom is -0.496 e. The molecule has 0 saturated carbocycles. The summed E-state index contributed by atoms with van der Waals surface area (Å²) < 4.78 is 7.27. The Morgan fingerprint density at radius 2 is 1.85 bits per heavy atom. The van der Waals surface area contributed by atoms with Crippen molar-refractivity contribution in [1.29, 1.82) is 0 Å². The molecule has 0 atom stereocenters. The molecular formula is C25H24N4O3S. The molecule has 2 heterocycles. The van der Waals surface area contributed by atoms with Crippen LogP contribution in [0, 0.1) is 0 Å². The molecule has 1 aliphatic rings. The first-order chi connectivity index (χ1) is 16.2. The summed E-state index contributed by atoms with van der Waals surface area (Å²) in [5.74, 6) is 0.393. The lowest BCUT2D eigenvalue weighted by atomic mass is 9.97. The fourth-order valence-corrected chi connectivity index (χ4v) is 5.67. The van der Waals surface area contributed by atoms with Crippen LogP contribution in [0.5, 0.6) is 5.75 Å². The number of carbonyl (C=O) groups is 1. The number of hydrazine groups is 1. The zero-order valence-corrected chi connectivity index (χ0v) is 19.1. The summed E-state index contributed by atoms with van der Waals surface area (Å²) >= 11 is 1.66. The summed E-state index contributed by atoms with van der Waals surface area (Å²) in [6.45, 7) is 0.525. The van der Waals surface area contributed by atoms with E-state index in [1.165, 1.54) is 12.0 Å². The van der Waals surface area contributed by atoms with Gasteiger partial charge in [0.05, 0.1) is 24.6 Å². The van der Waals surface area contributed by atoms with Crippen molar-refractivity contribution >= 4 is 33.4 Å². The molecule has 33 heavy (non-hydrogen) atoms. The number of para-hydroxylation sites is 1. The number of aromatic nitrogens is 2. The highest BCUT2D eigenvalue weighted by Crippen LogP contribution is 2.35. The van der Waals surface area contributed by atoms with E-state index < -0.39 is 0 Å². The number of anilines is 1. The van der Waals surface area contributed by atoms with Crippen molar-refractivity contribution < 1.29 is 9.53 Å². The van der Waals surface area contributed by atoms with Crippen molar-refractivity contribution in [1.82, 2.24) is 15.0 Å². The van der Waals surface area contributed by atoms with Gasteiger partial charge in [-0.3, -0.25) is 25.0 Å². The van der Waals surface area contributed by atoms with Gasteiger partial charge in [-0.25, -0.2) is 0 Å². The Morgan fingerprint density at radius 3 is 2.67 bits per heavy atom. The van der Waals surface area contributed by atoms with E-state index in [1.54, 1.807) is 35.6 Å². The third-order valence-electron chi connectivity index (χ3n) is 5.90. The average molecular weight is 461 g/mol. The van der Waals surface area contributed by atoms with Crippen molar-refractivity contribution in [2.75, 3.05) is 12.5 Å². The van der Waals surface area contributed by atoms with Gasteiger partial charge >= 0.3 is 0 Å². The molecule has 1 aliphatic carbocycles. The van der Waals surface area contributed by atoms with Crippen molar-refractivity contribution in [2.24, 2.45) is 0 Å². The molecule has 0 saturated heterocycles. The van der Waals surface area contributed by atoms with Gasteiger partial charge in [0.25, 0.3) is 11.5 Å². The lowest BCUT2D eigenvalue weighted by Crippen LogP contribution is -2.33. The summed E-state index contributed by atoms with van der Waals surface area (Å²) in [6.07, 6.45) is 4.13. The van der Waals surface area contributed by atoms with E-state index in [0.717, 1.165) is 41.6 Å². The number of hydrogen-bond acceptors (Lipinski definition) is 6. The molecule has 2 aromatic carbocycles. The number of carbonyl (C=O) groups excluding carboxylic acids is 1. The third-order valence-corrected chi connectivity index (χ3v) is 7.21. The topological polar surface area (TPSA) is 85.2 Å². The maximum atomic E-state index is 13.1. The van der Waals surface area contributed by atoms with Gasteiger partial charge in [0.1, 0.15) is 10.6 Å². The molecule has 0 bridgehead atoms. The zero-order valence-electron chi connectivity index (χ0n) is 18.3. The minimum absolute atomic E-state index is 0.261. The van der Waals surface area contributed by atoms with E-state index in [4.69, 9.17) is 4.74 Å². The fourth-order valence-electron chi connectivity index (χ4n) is 4.29. The number of benzene rings is 2. The van der Waals surface area contributed by atoms with Gasteiger partial charge in [-0.1, -0.05) is 42.5 Å². The number of nitrogens with one attached hydrogen (secondary N) is 2. The Kier molecular flexibility index (Phi) is 5.83. The molecule has 0 radical (unpaired) electrons. The minimum atomic E-state index is -0.376. The number of methoxy groups -OCH3 is 1. The molecule has 168 valence electrons. The fraction of sp³-hybridized carbons (Fsp3) is 0.240. The van der Waals surface area contributed by atoms with Crippen LogP contribution in [0.1, 0.15) is 39.2 Å². The van der Waals surface area contributed by atoms with Gasteiger partial charge in [-0.15, -0.1) is 11.3 Å². The molecule has 2 N–H and O–H groups in total. The molecule has 2 aromatic heterocycles. The van der Waals surface area contributed by atoms with E-state index in [2.05, 4.69) is 15.8 Å². The van der Waals surface area contributed by atoms with Gasteiger partial charge in [0, 0.05) is 4.88 Å². The Balaban J connectivity index is 1.55. The molecule has 1 amide bonds. The van der Waals surface area contributed by atoms with E-state index in [-0.39, 0.29) is 11.5 Å². The quantitative estimate of drug-likeness (QED) is 0.422. The summed E-state index contributed by atoms with van der Waals surface area (Å²) in [6, 6.07) is 17.0. The molecule has 0 unspecified atom stereocenters. The van der Waals surface area contributed by atoms with E-state index in [0.29, 0.717) is 29.2 Å². The smallest absolute Gasteiger partial charge is 0.283 e. The number of aryl methyl sites for hydroxylation is 2. The van der Waals surface area contributed by atoms with Crippen LogP contribution in [0.4, 0.5) is 5.95 Å². The van der Waals surface area contributed by atoms with Crippen LogP contribution in [0.25, 0.3) is 10.2 Å². The Hall–Kier alpha value is -3.65. The maximum absolute atomic E-state index is 13.1.